The Morgan fingerprint density at radius 2 is 1.83 bits per heavy atom. The average molecular weight is 414 g/mol. The van der Waals surface area contributed by atoms with Crippen LogP contribution in [0.2, 0.25) is 0 Å². The minimum absolute atomic E-state index is 0.0616. The fourth-order valence-corrected chi connectivity index (χ4v) is 4.57. The van der Waals surface area contributed by atoms with Crippen molar-refractivity contribution in [3.63, 3.8) is 0 Å². The zero-order valence-electron chi connectivity index (χ0n) is 16.6. The second-order valence-corrected chi connectivity index (χ2v) is 8.56. The summed E-state index contributed by atoms with van der Waals surface area (Å²) in [6, 6.07) is 10.6. The number of nitrogens with zero attached hydrogens (tertiary/aromatic N) is 3. The lowest BCUT2D eigenvalue weighted by Gasteiger charge is -2.33. The van der Waals surface area contributed by atoms with Crippen LogP contribution in [0.4, 0.5) is 10.5 Å². The first kappa shape index (κ1) is 19.6. The van der Waals surface area contributed by atoms with Crippen molar-refractivity contribution in [3.8, 4) is 0 Å². The molecule has 2 aliphatic heterocycles. The van der Waals surface area contributed by atoms with Crippen LogP contribution >= 0.6 is 11.3 Å². The van der Waals surface area contributed by atoms with Crippen molar-refractivity contribution in [2.45, 2.75) is 19.9 Å². The van der Waals surface area contributed by atoms with Gasteiger partial charge < -0.3 is 9.80 Å². The van der Waals surface area contributed by atoms with E-state index in [0.717, 1.165) is 21.0 Å². The fraction of sp³-hybridized carbons (Fsp3) is 0.381. The largest absolute Gasteiger partial charge is 0.336 e. The van der Waals surface area contributed by atoms with Crippen LogP contribution in [-0.2, 0) is 4.79 Å². The number of thiophene rings is 1. The Morgan fingerprint density at radius 3 is 2.45 bits per heavy atom. The second-order valence-electron chi connectivity index (χ2n) is 7.61. The first-order valence-corrected chi connectivity index (χ1v) is 10.7. The molecule has 2 fully saturated rings. The number of carbonyl (C=O) groups is 3. The molecule has 0 saturated carbocycles. The Balaban J connectivity index is 1.38. The number of imide groups is 1. The number of rotatable bonds is 4. The Labute approximate surface area is 174 Å². The molecular formula is C21H25N4O3S+. The molecule has 0 unspecified atom stereocenters. The summed E-state index contributed by atoms with van der Waals surface area (Å²) in [7, 11) is 0. The maximum atomic E-state index is 13.0. The van der Waals surface area contributed by atoms with Crippen LogP contribution in [0.25, 0.3) is 0 Å². The van der Waals surface area contributed by atoms with Crippen molar-refractivity contribution in [1.29, 1.82) is 0 Å². The molecule has 3 heterocycles. The number of nitrogens with one attached hydrogen (secondary N) is 1. The number of hydrogen-bond donors (Lipinski definition) is 1. The molecule has 152 valence electrons. The van der Waals surface area contributed by atoms with Crippen LogP contribution in [0.1, 0.15) is 22.2 Å². The second kappa shape index (κ2) is 7.96. The van der Waals surface area contributed by atoms with Gasteiger partial charge in [-0.3, -0.25) is 14.5 Å². The molecule has 29 heavy (non-hydrogen) atoms. The lowest BCUT2D eigenvalue weighted by atomic mass is 10.2. The lowest BCUT2D eigenvalue weighted by Crippen LogP contribution is -3.16. The summed E-state index contributed by atoms with van der Waals surface area (Å²) in [5.41, 5.74) is 1.85. The van der Waals surface area contributed by atoms with E-state index in [4.69, 9.17) is 0 Å². The van der Waals surface area contributed by atoms with E-state index >= 15 is 0 Å². The molecule has 0 aliphatic carbocycles. The molecule has 4 rings (SSSR count). The first-order valence-electron chi connectivity index (χ1n) is 9.83. The van der Waals surface area contributed by atoms with E-state index in [1.807, 2.05) is 53.6 Å². The summed E-state index contributed by atoms with van der Waals surface area (Å²) in [6.07, 6.45) is 0. The predicted molar refractivity (Wildman–Crippen MR) is 111 cm³/mol. The minimum Gasteiger partial charge on any atom is -0.327 e. The number of amides is 4. The molecule has 7 nitrogen and oxygen atoms in total. The number of aryl methyl sites for hydroxylation is 1. The van der Waals surface area contributed by atoms with Gasteiger partial charge in [0.05, 0.1) is 31.1 Å². The van der Waals surface area contributed by atoms with Gasteiger partial charge in [0, 0.05) is 5.69 Å². The zero-order valence-corrected chi connectivity index (χ0v) is 17.4. The van der Waals surface area contributed by atoms with E-state index in [-0.39, 0.29) is 17.8 Å². The van der Waals surface area contributed by atoms with Gasteiger partial charge in [-0.2, -0.15) is 0 Å². The molecule has 0 bridgehead atoms. The van der Waals surface area contributed by atoms with E-state index in [1.165, 1.54) is 16.2 Å². The van der Waals surface area contributed by atoms with E-state index < -0.39 is 6.04 Å². The summed E-state index contributed by atoms with van der Waals surface area (Å²) in [4.78, 5) is 44.9. The SMILES string of the molecule is Cc1ccc(N2C(=O)N(C[NH+]3CCN(C(=O)c4cccs4)CC3)C(=O)[C@@H]2C)cc1. The first-order chi connectivity index (χ1) is 14.0. The Hall–Kier alpha value is -2.71. The highest BCUT2D eigenvalue weighted by Crippen LogP contribution is 2.25. The molecule has 2 aliphatic rings. The van der Waals surface area contributed by atoms with Crippen LogP contribution in [0.15, 0.2) is 41.8 Å². The highest BCUT2D eigenvalue weighted by atomic mass is 32.1. The van der Waals surface area contributed by atoms with Crippen LogP contribution in [0.3, 0.4) is 0 Å². The molecule has 4 amide bonds. The smallest absolute Gasteiger partial charge is 0.327 e. The molecule has 0 spiro atoms. The molecule has 1 atom stereocenters. The van der Waals surface area contributed by atoms with Gasteiger partial charge in [-0.05, 0) is 37.4 Å². The highest BCUT2D eigenvalue weighted by molar-refractivity contribution is 7.12. The highest BCUT2D eigenvalue weighted by Gasteiger charge is 2.45. The van der Waals surface area contributed by atoms with Gasteiger partial charge >= 0.3 is 6.03 Å². The number of benzene rings is 1. The van der Waals surface area contributed by atoms with Crippen molar-refractivity contribution < 1.29 is 19.3 Å². The standard InChI is InChI=1S/C21H24N4O3S/c1-15-5-7-17(8-6-15)25-16(2)19(26)24(21(25)28)14-22-9-11-23(12-10-22)20(27)18-4-3-13-29-18/h3-8,13,16H,9-12,14H2,1-2H3/p+1/t16-/m0/s1. The number of urea groups is 1. The van der Waals surface area contributed by atoms with Crippen molar-refractivity contribution in [3.05, 3.63) is 52.2 Å². The van der Waals surface area contributed by atoms with Gasteiger partial charge in [0.1, 0.15) is 6.04 Å². The minimum atomic E-state index is -0.508. The third kappa shape index (κ3) is 3.77. The quantitative estimate of drug-likeness (QED) is 0.767. The van der Waals surface area contributed by atoms with Gasteiger partial charge in [0.2, 0.25) is 0 Å². The van der Waals surface area contributed by atoms with E-state index in [9.17, 15) is 14.4 Å². The molecule has 2 aromatic rings. The number of hydrogen-bond acceptors (Lipinski definition) is 4. The number of anilines is 1. The third-order valence-corrected chi connectivity index (χ3v) is 6.49. The Morgan fingerprint density at radius 1 is 1.14 bits per heavy atom. The Kier molecular flexibility index (Phi) is 5.38. The monoisotopic (exact) mass is 413 g/mol. The van der Waals surface area contributed by atoms with Crippen LogP contribution < -0.4 is 9.80 Å². The fourth-order valence-electron chi connectivity index (χ4n) is 3.87. The molecule has 1 N–H and O–H groups in total. The average Bonchev–Trinajstić information content (AvgIpc) is 3.33. The molecule has 1 aromatic heterocycles. The zero-order chi connectivity index (χ0) is 20.5. The Bertz CT molecular complexity index is 905. The van der Waals surface area contributed by atoms with E-state index in [0.29, 0.717) is 32.8 Å². The summed E-state index contributed by atoms with van der Waals surface area (Å²) in [6.45, 7) is 6.78. The van der Waals surface area contributed by atoms with Crippen molar-refractivity contribution >= 4 is 34.9 Å². The summed E-state index contributed by atoms with van der Waals surface area (Å²) < 4.78 is 0. The summed E-state index contributed by atoms with van der Waals surface area (Å²) in [5, 5.41) is 1.90. The third-order valence-electron chi connectivity index (χ3n) is 5.63. The van der Waals surface area contributed by atoms with E-state index in [2.05, 4.69) is 0 Å². The summed E-state index contributed by atoms with van der Waals surface area (Å²) in [5.74, 6) is -0.105. The van der Waals surface area contributed by atoms with E-state index in [1.54, 1.807) is 11.8 Å². The van der Waals surface area contributed by atoms with Gasteiger partial charge in [-0.15, -0.1) is 11.3 Å². The van der Waals surface area contributed by atoms with Gasteiger partial charge in [0.15, 0.2) is 6.67 Å². The molecule has 1 aromatic carbocycles. The van der Waals surface area contributed by atoms with Crippen LogP contribution in [0, 0.1) is 6.92 Å². The van der Waals surface area contributed by atoms with Crippen molar-refractivity contribution in [2.75, 3.05) is 37.7 Å². The van der Waals surface area contributed by atoms with Gasteiger partial charge in [0.25, 0.3) is 11.8 Å². The number of carbonyl (C=O) groups excluding carboxylic acids is 3. The summed E-state index contributed by atoms with van der Waals surface area (Å²) >= 11 is 1.45. The molecular weight excluding hydrogens is 388 g/mol. The van der Waals surface area contributed by atoms with Crippen LogP contribution in [0.5, 0.6) is 0 Å². The van der Waals surface area contributed by atoms with Crippen molar-refractivity contribution in [1.82, 2.24) is 9.80 Å². The van der Waals surface area contributed by atoms with Gasteiger partial charge in [-0.1, -0.05) is 23.8 Å². The van der Waals surface area contributed by atoms with Crippen LogP contribution in [-0.4, -0.2) is 66.5 Å². The topological polar surface area (TPSA) is 65.4 Å². The normalized spacial score (nSPS) is 20.6. The number of piperazine rings is 1. The molecule has 2 saturated heterocycles. The van der Waals surface area contributed by atoms with Gasteiger partial charge in [-0.25, -0.2) is 9.69 Å². The lowest BCUT2D eigenvalue weighted by molar-refractivity contribution is -0.911. The maximum absolute atomic E-state index is 13.0. The van der Waals surface area contributed by atoms with Crippen molar-refractivity contribution in [2.24, 2.45) is 0 Å². The molecule has 0 radical (unpaired) electrons. The maximum Gasteiger partial charge on any atom is 0.336 e. The molecule has 8 heteroatoms. The number of quaternary nitrogens is 1. The predicted octanol–water partition coefficient (Wildman–Crippen LogP) is 1.21.